The molecule has 0 spiro atoms. The number of nitrogens with zero attached hydrogens (tertiary/aromatic N) is 6. The number of aromatic amines is 1. The molecule has 0 aliphatic rings. The van der Waals surface area contributed by atoms with Crippen LogP contribution in [0.15, 0.2) is 54.0 Å². The molecule has 0 radical (unpaired) electrons. The molecule has 0 saturated carbocycles. The lowest BCUT2D eigenvalue weighted by Gasteiger charge is -1.98. The maximum Gasteiger partial charge on any atom is 0.259 e. The van der Waals surface area contributed by atoms with Crippen LogP contribution in [0.25, 0.3) is 23.1 Å². The van der Waals surface area contributed by atoms with Crippen molar-refractivity contribution in [3.8, 4) is 0 Å². The Morgan fingerprint density at radius 2 is 2.04 bits per heavy atom. The van der Waals surface area contributed by atoms with Gasteiger partial charge < -0.3 is 4.98 Å². The topological polar surface area (TPSA) is 102 Å². The zero-order valence-corrected chi connectivity index (χ0v) is 13.1. The predicted octanol–water partition coefficient (Wildman–Crippen LogP) is 1.52. The standard InChI is InChI=1S/C17H13N7O/c25-17-14-5-7-19-9-15(14)20-16(21-17)4-3-13-11-24(23-22-13)10-12-2-1-6-18-8-12/h1-9,11H,10H2,(H,20,21,25)/b4-3+. The van der Waals surface area contributed by atoms with Crippen molar-refractivity contribution in [2.75, 3.05) is 0 Å². The van der Waals surface area contributed by atoms with Crippen molar-refractivity contribution >= 4 is 23.1 Å². The Kier molecular flexibility index (Phi) is 3.83. The van der Waals surface area contributed by atoms with Crippen molar-refractivity contribution in [2.45, 2.75) is 6.54 Å². The molecule has 0 fully saturated rings. The number of aromatic nitrogens is 7. The van der Waals surface area contributed by atoms with Gasteiger partial charge in [0, 0.05) is 18.6 Å². The number of pyridine rings is 2. The van der Waals surface area contributed by atoms with Gasteiger partial charge in [-0.1, -0.05) is 11.3 Å². The van der Waals surface area contributed by atoms with E-state index >= 15 is 0 Å². The zero-order chi connectivity index (χ0) is 17.1. The van der Waals surface area contributed by atoms with E-state index in [0.29, 0.717) is 29.0 Å². The monoisotopic (exact) mass is 331 g/mol. The van der Waals surface area contributed by atoms with Gasteiger partial charge in [0.25, 0.3) is 5.56 Å². The lowest BCUT2D eigenvalue weighted by Crippen LogP contribution is -2.09. The number of hydrogen-bond donors (Lipinski definition) is 1. The van der Waals surface area contributed by atoms with Gasteiger partial charge in [-0.3, -0.25) is 14.8 Å². The van der Waals surface area contributed by atoms with Crippen LogP contribution >= 0.6 is 0 Å². The fourth-order valence-electron chi connectivity index (χ4n) is 2.40. The Labute approximate surface area is 141 Å². The first-order valence-electron chi connectivity index (χ1n) is 7.59. The van der Waals surface area contributed by atoms with E-state index in [2.05, 4.69) is 30.2 Å². The van der Waals surface area contributed by atoms with Gasteiger partial charge >= 0.3 is 0 Å². The molecule has 0 aliphatic carbocycles. The second-order valence-corrected chi connectivity index (χ2v) is 5.38. The van der Waals surface area contributed by atoms with Gasteiger partial charge in [-0.15, -0.1) is 5.10 Å². The van der Waals surface area contributed by atoms with E-state index in [4.69, 9.17) is 0 Å². The third-order valence-corrected chi connectivity index (χ3v) is 3.56. The molecule has 25 heavy (non-hydrogen) atoms. The molecular weight excluding hydrogens is 318 g/mol. The van der Waals surface area contributed by atoms with Crippen LogP contribution in [-0.4, -0.2) is 34.9 Å². The van der Waals surface area contributed by atoms with Crippen molar-refractivity contribution in [3.05, 3.63) is 76.6 Å². The predicted molar refractivity (Wildman–Crippen MR) is 92.4 cm³/mol. The van der Waals surface area contributed by atoms with Crippen molar-refractivity contribution in [1.82, 2.24) is 34.9 Å². The smallest absolute Gasteiger partial charge is 0.259 e. The van der Waals surface area contributed by atoms with Crippen LogP contribution in [0.4, 0.5) is 0 Å². The summed E-state index contributed by atoms with van der Waals surface area (Å²) in [5.41, 5.74) is 2.05. The molecule has 0 aliphatic heterocycles. The SMILES string of the molecule is O=c1[nH]c(/C=C/c2cn(Cc3cccnc3)nn2)nc2cnccc12. The Bertz CT molecular complexity index is 1100. The first-order chi connectivity index (χ1) is 12.3. The van der Waals surface area contributed by atoms with Crippen molar-refractivity contribution < 1.29 is 0 Å². The normalized spacial score (nSPS) is 11.4. The van der Waals surface area contributed by atoms with Crippen LogP contribution < -0.4 is 5.56 Å². The Balaban J connectivity index is 1.55. The molecule has 0 amide bonds. The zero-order valence-electron chi connectivity index (χ0n) is 13.1. The van der Waals surface area contributed by atoms with E-state index in [1.54, 1.807) is 47.7 Å². The van der Waals surface area contributed by atoms with E-state index < -0.39 is 0 Å². The largest absolute Gasteiger partial charge is 0.306 e. The van der Waals surface area contributed by atoms with Crippen LogP contribution in [0.5, 0.6) is 0 Å². The van der Waals surface area contributed by atoms with Gasteiger partial charge in [-0.25, -0.2) is 9.67 Å². The highest BCUT2D eigenvalue weighted by atomic mass is 16.1. The maximum absolute atomic E-state index is 12.0. The van der Waals surface area contributed by atoms with E-state index in [9.17, 15) is 4.79 Å². The fraction of sp³-hybridized carbons (Fsp3) is 0.0588. The quantitative estimate of drug-likeness (QED) is 0.608. The molecule has 0 aromatic carbocycles. The molecule has 0 bridgehead atoms. The Hall–Kier alpha value is -3.68. The summed E-state index contributed by atoms with van der Waals surface area (Å²) < 4.78 is 1.72. The molecule has 0 unspecified atom stereocenters. The van der Waals surface area contributed by atoms with E-state index in [0.717, 1.165) is 5.56 Å². The van der Waals surface area contributed by atoms with Gasteiger partial charge in [0.2, 0.25) is 0 Å². The lowest BCUT2D eigenvalue weighted by atomic mass is 10.3. The number of rotatable bonds is 4. The van der Waals surface area contributed by atoms with Gasteiger partial charge in [-0.2, -0.15) is 0 Å². The summed E-state index contributed by atoms with van der Waals surface area (Å²) in [6.07, 6.45) is 11.9. The minimum Gasteiger partial charge on any atom is -0.306 e. The van der Waals surface area contributed by atoms with Crippen LogP contribution in [-0.2, 0) is 6.54 Å². The molecule has 0 atom stereocenters. The van der Waals surface area contributed by atoms with Crippen molar-refractivity contribution in [1.29, 1.82) is 0 Å². The van der Waals surface area contributed by atoms with E-state index in [1.165, 1.54) is 0 Å². The number of H-pyrrole nitrogens is 1. The lowest BCUT2D eigenvalue weighted by molar-refractivity contribution is 0.648. The molecule has 8 nitrogen and oxygen atoms in total. The molecule has 4 aromatic rings. The highest BCUT2D eigenvalue weighted by Crippen LogP contribution is 2.07. The number of nitrogens with one attached hydrogen (secondary N) is 1. The summed E-state index contributed by atoms with van der Waals surface area (Å²) >= 11 is 0. The van der Waals surface area contributed by atoms with Crippen LogP contribution in [0.2, 0.25) is 0 Å². The van der Waals surface area contributed by atoms with Crippen LogP contribution in [0.3, 0.4) is 0 Å². The Morgan fingerprint density at radius 3 is 2.92 bits per heavy atom. The first-order valence-corrected chi connectivity index (χ1v) is 7.59. The molecule has 122 valence electrons. The average molecular weight is 331 g/mol. The molecule has 4 rings (SSSR count). The third-order valence-electron chi connectivity index (χ3n) is 3.56. The molecular formula is C17H13N7O. The fourth-order valence-corrected chi connectivity index (χ4v) is 2.40. The van der Waals surface area contributed by atoms with Crippen molar-refractivity contribution in [3.63, 3.8) is 0 Å². The second-order valence-electron chi connectivity index (χ2n) is 5.38. The molecule has 4 heterocycles. The van der Waals surface area contributed by atoms with E-state index in [-0.39, 0.29) is 5.56 Å². The Morgan fingerprint density at radius 1 is 1.12 bits per heavy atom. The molecule has 4 aromatic heterocycles. The summed E-state index contributed by atoms with van der Waals surface area (Å²) in [6, 6.07) is 5.49. The first kappa shape index (κ1) is 14.9. The summed E-state index contributed by atoms with van der Waals surface area (Å²) in [5.74, 6) is 0.437. The molecule has 0 saturated heterocycles. The van der Waals surface area contributed by atoms with Gasteiger partial charge in [0.05, 0.1) is 29.8 Å². The summed E-state index contributed by atoms with van der Waals surface area (Å²) in [4.78, 5) is 27.2. The average Bonchev–Trinajstić information content (AvgIpc) is 3.08. The minimum absolute atomic E-state index is 0.202. The third kappa shape index (κ3) is 3.32. The molecule has 1 N–H and O–H groups in total. The van der Waals surface area contributed by atoms with Gasteiger partial charge in [0.1, 0.15) is 11.5 Å². The summed E-state index contributed by atoms with van der Waals surface area (Å²) in [5, 5.41) is 8.67. The van der Waals surface area contributed by atoms with Gasteiger partial charge in [0.15, 0.2) is 0 Å². The summed E-state index contributed by atoms with van der Waals surface area (Å²) in [7, 11) is 0. The van der Waals surface area contributed by atoms with Gasteiger partial charge in [-0.05, 0) is 29.8 Å². The van der Waals surface area contributed by atoms with Crippen LogP contribution in [0.1, 0.15) is 17.1 Å². The highest BCUT2D eigenvalue weighted by Gasteiger charge is 2.02. The van der Waals surface area contributed by atoms with Crippen LogP contribution in [0, 0.1) is 0 Å². The number of fused-ring (bicyclic) bond motifs is 1. The summed E-state index contributed by atoms with van der Waals surface area (Å²) in [6.45, 7) is 0.589. The highest BCUT2D eigenvalue weighted by molar-refractivity contribution is 5.77. The second kappa shape index (κ2) is 6.44. The van der Waals surface area contributed by atoms with Crippen molar-refractivity contribution in [2.24, 2.45) is 0 Å². The van der Waals surface area contributed by atoms with E-state index in [1.807, 2.05) is 18.3 Å². The minimum atomic E-state index is -0.202. The molecule has 8 heteroatoms. The number of hydrogen-bond acceptors (Lipinski definition) is 6. The maximum atomic E-state index is 12.0.